The van der Waals surface area contributed by atoms with Crippen LogP contribution >= 0.6 is 0 Å². The van der Waals surface area contributed by atoms with Gasteiger partial charge in [0.2, 0.25) is 11.8 Å². The third kappa shape index (κ3) is 2.53. The molecule has 0 aromatic carbocycles. The predicted octanol–water partition coefficient (Wildman–Crippen LogP) is -0.832. The number of hydrogen-bond donors (Lipinski definition) is 1. The summed E-state index contributed by atoms with van der Waals surface area (Å²) in [5.74, 6) is 0.575. The van der Waals surface area contributed by atoms with Gasteiger partial charge in [0.1, 0.15) is 11.8 Å². The molecule has 0 unspecified atom stereocenters. The number of nitrogens with zero attached hydrogens (tertiary/aromatic N) is 3. The number of aryl methyl sites for hydroxylation is 1. The third-order valence-electron chi connectivity index (χ3n) is 3.85. The molecule has 3 rings (SSSR count). The van der Waals surface area contributed by atoms with Crippen LogP contribution in [0.4, 0.5) is 0 Å². The first-order chi connectivity index (χ1) is 9.63. The van der Waals surface area contributed by atoms with Crippen molar-refractivity contribution < 1.29 is 14.1 Å². The second kappa shape index (κ2) is 5.24. The second-order valence-electron chi connectivity index (χ2n) is 5.29. The van der Waals surface area contributed by atoms with Gasteiger partial charge in [0, 0.05) is 38.8 Å². The number of nitrogens with one attached hydrogen (secondary N) is 1. The molecule has 0 spiro atoms. The summed E-state index contributed by atoms with van der Waals surface area (Å²) < 4.78 is 5.07. The first-order valence-corrected chi connectivity index (χ1v) is 6.85. The summed E-state index contributed by atoms with van der Waals surface area (Å²) in [6.07, 6.45) is 0.204. The lowest BCUT2D eigenvalue weighted by molar-refractivity contribution is -0.139. The molecule has 1 N–H and O–H groups in total. The van der Waals surface area contributed by atoms with Crippen LogP contribution < -0.4 is 5.32 Å². The summed E-state index contributed by atoms with van der Waals surface area (Å²) >= 11 is 0. The summed E-state index contributed by atoms with van der Waals surface area (Å²) in [7, 11) is 0. The Kier molecular flexibility index (Phi) is 3.43. The third-order valence-corrected chi connectivity index (χ3v) is 3.85. The SMILES string of the molecule is Cc1cc(CC(=O)N2CCN3CCNC(=O)[C@@H]3C2)on1. The Morgan fingerprint density at radius 2 is 2.35 bits per heavy atom. The fourth-order valence-electron chi connectivity index (χ4n) is 2.76. The van der Waals surface area contributed by atoms with E-state index in [4.69, 9.17) is 4.52 Å². The van der Waals surface area contributed by atoms with Crippen LogP contribution in [0, 0.1) is 6.92 Å². The summed E-state index contributed by atoms with van der Waals surface area (Å²) in [6.45, 7) is 5.25. The number of aromatic nitrogens is 1. The smallest absolute Gasteiger partial charge is 0.239 e. The molecule has 0 radical (unpaired) electrons. The fraction of sp³-hybridized carbons (Fsp3) is 0.615. The predicted molar refractivity (Wildman–Crippen MR) is 69.9 cm³/mol. The highest BCUT2D eigenvalue weighted by Gasteiger charge is 2.36. The molecule has 2 aliphatic heterocycles. The Hall–Kier alpha value is -1.89. The van der Waals surface area contributed by atoms with E-state index in [0.717, 1.165) is 18.8 Å². The minimum atomic E-state index is -0.210. The van der Waals surface area contributed by atoms with Crippen LogP contribution in [-0.2, 0) is 16.0 Å². The molecule has 2 fully saturated rings. The number of carbonyl (C=O) groups excluding carboxylic acids is 2. The summed E-state index contributed by atoms with van der Waals surface area (Å²) in [4.78, 5) is 28.0. The van der Waals surface area contributed by atoms with Gasteiger partial charge in [-0.1, -0.05) is 5.16 Å². The Morgan fingerprint density at radius 3 is 3.10 bits per heavy atom. The molecule has 1 aromatic rings. The zero-order valence-electron chi connectivity index (χ0n) is 11.5. The van der Waals surface area contributed by atoms with Gasteiger partial charge < -0.3 is 14.7 Å². The van der Waals surface area contributed by atoms with E-state index in [1.54, 1.807) is 11.0 Å². The van der Waals surface area contributed by atoms with Crippen molar-refractivity contribution in [3.05, 3.63) is 17.5 Å². The van der Waals surface area contributed by atoms with Crippen molar-refractivity contribution in [2.24, 2.45) is 0 Å². The number of amides is 2. The van der Waals surface area contributed by atoms with Crippen LogP contribution in [0.1, 0.15) is 11.5 Å². The molecule has 2 aliphatic rings. The quantitative estimate of drug-likeness (QED) is 0.764. The van der Waals surface area contributed by atoms with E-state index in [9.17, 15) is 9.59 Å². The van der Waals surface area contributed by atoms with Crippen molar-refractivity contribution in [3.63, 3.8) is 0 Å². The molecule has 0 bridgehead atoms. The number of piperazine rings is 2. The van der Waals surface area contributed by atoms with Gasteiger partial charge in [-0.05, 0) is 6.92 Å². The zero-order chi connectivity index (χ0) is 14.1. The topological polar surface area (TPSA) is 78.7 Å². The molecular weight excluding hydrogens is 260 g/mol. The Morgan fingerprint density at radius 1 is 1.50 bits per heavy atom. The first kappa shape index (κ1) is 13.1. The molecule has 7 heteroatoms. The highest BCUT2D eigenvalue weighted by Crippen LogP contribution is 2.14. The van der Waals surface area contributed by atoms with Gasteiger partial charge in [-0.3, -0.25) is 14.5 Å². The average molecular weight is 278 g/mol. The van der Waals surface area contributed by atoms with Crippen molar-refractivity contribution in [2.75, 3.05) is 32.7 Å². The van der Waals surface area contributed by atoms with Crippen LogP contribution in [0.3, 0.4) is 0 Å². The second-order valence-corrected chi connectivity index (χ2v) is 5.29. The van der Waals surface area contributed by atoms with Crippen molar-refractivity contribution in [1.29, 1.82) is 0 Å². The number of hydrogen-bond acceptors (Lipinski definition) is 5. The Bertz CT molecular complexity index is 527. The lowest BCUT2D eigenvalue weighted by atomic mass is 10.1. The van der Waals surface area contributed by atoms with E-state index < -0.39 is 0 Å². The summed E-state index contributed by atoms with van der Waals surface area (Å²) in [5.41, 5.74) is 0.768. The van der Waals surface area contributed by atoms with Crippen molar-refractivity contribution in [1.82, 2.24) is 20.3 Å². The molecule has 0 saturated carbocycles. The first-order valence-electron chi connectivity index (χ1n) is 6.85. The van der Waals surface area contributed by atoms with Crippen LogP contribution in [0.5, 0.6) is 0 Å². The fourth-order valence-corrected chi connectivity index (χ4v) is 2.76. The minimum Gasteiger partial charge on any atom is -0.361 e. The Balaban J connectivity index is 1.63. The highest BCUT2D eigenvalue weighted by atomic mass is 16.5. The molecule has 1 aromatic heterocycles. The molecule has 108 valence electrons. The molecule has 7 nitrogen and oxygen atoms in total. The maximum Gasteiger partial charge on any atom is 0.239 e. The maximum atomic E-state index is 12.2. The summed E-state index contributed by atoms with van der Waals surface area (Å²) in [6, 6.07) is 1.56. The molecule has 20 heavy (non-hydrogen) atoms. The van der Waals surface area contributed by atoms with Crippen molar-refractivity contribution in [2.45, 2.75) is 19.4 Å². The largest absolute Gasteiger partial charge is 0.361 e. The standard InChI is InChI=1S/C13H18N4O3/c1-9-6-10(20-15-9)7-12(18)17-5-4-16-3-2-14-13(19)11(16)8-17/h6,11H,2-5,7-8H2,1H3,(H,14,19)/t11-/m0/s1. The van der Waals surface area contributed by atoms with Gasteiger partial charge in [-0.2, -0.15) is 0 Å². The molecule has 2 amide bonds. The molecule has 1 atom stereocenters. The monoisotopic (exact) mass is 278 g/mol. The molecule has 0 aliphatic carbocycles. The van der Waals surface area contributed by atoms with Gasteiger partial charge in [-0.15, -0.1) is 0 Å². The number of carbonyl (C=O) groups is 2. The maximum absolute atomic E-state index is 12.2. The number of rotatable bonds is 2. The molecule has 2 saturated heterocycles. The van der Waals surface area contributed by atoms with E-state index in [1.807, 2.05) is 6.92 Å². The van der Waals surface area contributed by atoms with Crippen LogP contribution in [-0.4, -0.2) is 65.5 Å². The van der Waals surface area contributed by atoms with Crippen LogP contribution in [0.15, 0.2) is 10.6 Å². The number of fused-ring (bicyclic) bond motifs is 1. The molecule has 3 heterocycles. The summed E-state index contributed by atoms with van der Waals surface area (Å²) in [5, 5.41) is 6.62. The van der Waals surface area contributed by atoms with E-state index >= 15 is 0 Å². The van der Waals surface area contributed by atoms with Crippen LogP contribution in [0.25, 0.3) is 0 Å². The minimum absolute atomic E-state index is 0.0147. The lowest BCUT2D eigenvalue weighted by Crippen LogP contribution is -2.64. The highest BCUT2D eigenvalue weighted by molar-refractivity contribution is 5.84. The lowest BCUT2D eigenvalue weighted by Gasteiger charge is -2.42. The van der Waals surface area contributed by atoms with E-state index in [0.29, 0.717) is 25.4 Å². The normalized spacial score (nSPS) is 23.4. The average Bonchev–Trinajstić information content (AvgIpc) is 2.84. The Labute approximate surface area is 116 Å². The van der Waals surface area contributed by atoms with Gasteiger partial charge in [0.05, 0.1) is 12.1 Å². The van der Waals surface area contributed by atoms with E-state index in [1.165, 1.54) is 0 Å². The molecular formula is C13H18N4O3. The van der Waals surface area contributed by atoms with Gasteiger partial charge in [0.25, 0.3) is 0 Å². The van der Waals surface area contributed by atoms with Crippen molar-refractivity contribution >= 4 is 11.8 Å². The van der Waals surface area contributed by atoms with Crippen molar-refractivity contribution in [3.8, 4) is 0 Å². The van der Waals surface area contributed by atoms with Gasteiger partial charge in [-0.25, -0.2) is 0 Å². The van der Waals surface area contributed by atoms with E-state index in [2.05, 4.69) is 15.4 Å². The van der Waals surface area contributed by atoms with Crippen LogP contribution in [0.2, 0.25) is 0 Å². The van der Waals surface area contributed by atoms with Gasteiger partial charge >= 0.3 is 0 Å². The zero-order valence-corrected chi connectivity index (χ0v) is 11.5. The van der Waals surface area contributed by atoms with Gasteiger partial charge in [0.15, 0.2) is 0 Å². The van der Waals surface area contributed by atoms with E-state index in [-0.39, 0.29) is 24.3 Å².